The van der Waals surface area contributed by atoms with E-state index in [-0.39, 0.29) is 19.1 Å². The second-order valence-corrected chi connectivity index (χ2v) is 24.5. The third-order valence-electron chi connectivity index (χ3n) is 14.2. The molecule has 2 N–H and O–H groups in total. The maximum absolute atomic E-state index is 13.0. The first-order chi connectivity index (χ1) is 39.0. The number of likely N-dealkylation sites (N-methyl/N-ethyl adjacent to an activating group) is 1. The van der Waals surface area contributed by atoms with Crippen molar-refractivity contribution in [1.29, 1.82) is 0 Å². The highest BCUT2D eigenvalue weighted by Crippen LogP contribution is 2.38. The summed E-state index contributed by atoms with van der Waals surface area (Å²) in [4.78, 5) is 25.6. The minimum atomic E-state index is -4.59. The van der Waals surface area contributed by atoms with Crippen LogP contribution in [0.25, 0.3) is 0 Å². The van der Waals surface area contributed by atoms with Gasteiger partial charge in [0.15, 0.2) is 0 Å². The van der Waals surface area contributed by atoms with Gasteiger partial charge in [0.1, 0.15) is 13.2 Å². The third kappa shape index (κ3) is 62.5. The molecule has 0 rings (SSSR count). The summed E-state index contributed by atoms with van der Waals surface area (Å²) in [5.41, 5.74) is 0. The standard InChI is InChI=1S/C71H125N2O6P/c1-6-8-10-12-14-16-18-20-22-24-26-27-28-29-30-31-32-33-34-35-36-37-38-39-40-41-42-43-44-45-47-49-51-53-55-57-59-61-63-65-71(75)72-69(68-79-80(76,77)78-67-66-73(3,4)5)70(74)64-62-60-58-56-54-52-50-48-46-25-23-21-19-17-15-13-11-9-7-2/h8,10,14,16,20,22,26-27,29-30,32-33,35-36,38-39,41-42,44-45,69-70,74H,6-7,9,11-13,15,17-19,21,23-25,28,31,34,37,40,43,46-68H2,1-5H3,(H-,72,75,76,77)/b10-8-,16-14-,22-20-,27-26-,30-29-,33-32-,36-35-,39-38-,42-41-,45-44-. The van der Waals surface area contributed by atoms with Crippen LogP contribution in [0.4, 0.5) is 0 Å². The Hall–Kier alpha value is -3.10. The number of amides is 1. The first-order valence-corrected chi connectivity index (χ1v) is 34.3. The van der Waals surface area contributed by atoms with Gasteiger partial charge in [-0.3, -0.25) is 9.36 Å². The van der Waals surface area contributed by atoms with Crippen LogP contribution in [0, 0.1) is 0 Å². The normalized spacial score (nSPS) is 14.5. The van der Waals surface area contributed by atoms with Crippen molar-refractivity contribution in [2.75, 3.05) is 40.9 Å². The lowest BCUT2D eigenvalue weighted by Crippen LogP contribution is -2.46. The van der Waals surface area contributed by atoms with Crippen molar-refractivity contribution in [1.82, 2.24) is 5.32 Å². The maximum atomic E-state index is 13.0. The summed E-state index contributed by atoms with van der Waals surface area (Å²) in [6.07, 6.45) is 89.6. The lowest BCUT2D eigenvalue weighted by atomic mass is 10.0. The van der Waals surface area contributed by atoms with Crippen LogP contribution in [0.5, 0.6) is 0 Å². The fourth-order valence-electron chi connectivity index (χ4n) is 9.13. The molecule has 0 aromatic carbocycles. The van der Waals surface area contributed by atoms with Crippen LogP contribution >= 0.6 is 7.82 Å². The number of phosphoric acid groups is 1. The number of phosphoric ester groups is 1. The van der Waals surface area contributed by atoms with Crippen LogP contribution in [0.15, 0.2) is 122 Å². The molecule has 0 radical (unpaired) electrons. The maximum Gasteiger partial charge on any atom is 0.268 e. The Morgan fingerprint density at radius 2 is 0.762 bits per heavy atom. The molecule has 3 atom stereocenters. The van der Waals surface area contributed by atoms with Gasteiger partial charge in [-0.25, -0.2) is 0 Å². The quantitative estimate of drug-likeness (QED) is 0.0272. The van der Waals surface area contributed by atoms with E-state index in [1.54, 1.807) is 0 Å². The van der Waals surface area contributed by atoms with Crippen molar-refractivity contribution >= 4 is 13.7 Å². The molecule has 0 aromatic rings. The molecule has 0 saturated carbocycles. The second kappa shape index (κ2) is 60.5. The van der Waals surface area contributed by atoms with Crippen molar-refractivity contribution in [3.05, 3.63) is 122 Å². The van der Waals surface area contributed by atoms with Gasteiger partial charge >= 0.3 is 0 Å². The lowest BCUT2D eigenvalue weighted by Gasteiger charge is -2.30. The zero-order valence-corrected chi connectivity index (χ0v) is 53.4. The van der Waals surface area contributed by atoms with Crippen LogP contribution in [-0.2, 0) is 18.4 Å². The van der Waals surface area contributed by atoms with Crippen LogP contribution in [0.3, 0.4) is 0 Å². The smallest absolute Gasteiger partial charge is 0.268 e. The van der Waals surface area contributed by atoms with E-state index < -0.39 is 20.0 Å². The fraction of sp³-hybridized carbons (Fsp3) is 0.704. The number of allylic oxidation sites excluding steroid dienone is 20. The third-order valence-corrected chi connectivity index (χ3v) is 15.2. The highest BCUT2D eigenvalue weighted by Gasteiger charge is 2.24. The van der Waals surface area contributed by atoms with Gasteiger partial charge in [0.2, 0.25) is 5.91 Å². The average molecular weight is 1130 g/mol. The monoisotopic (exact) mass is 1130 g/mol. The van der Waals surface area contributed by atoms with Crippen LogP contribution in [0.1, 0.15) is 271 Å². The number of rotatable bonds is 59. The van der Waals surface area contributed by atoms with Crippen LogP contribution < -0.4 is 10.2 Å². The molecule has 0 aliphatic carbocycles. The Labute approximate surface area is 494 Å². The van der Waals surface area contributed by atoms with Gasteiger partial charge in [0.25, 0.3) is 7.82 Å². The molecule has 0 aromatic heterocycles. The van der Waals surface area contributed by atoms with Gasteiger partial charge in [-0.1, -0.05) is 296 Å². The lowest BCUT2D eigenvalue weighted by molar-refractivity contribution is -0.870. The number of hydrogen-bond acceptors (Lipinski definition) is 6. The predicted octanol–water partition coefficient (Wildman–Crippen LogP) is 20.2. The van der Waals surface area contributed by atoms with E-state index in [2.05, 4.69) is 141 Å². The van der Waals surface area contributed by atoms with Crippen LogP contribution in [0.2, 0.25) is 0 Å². The van der Waals surface area contributed by atoms with E-state index in [4.69, 9.17) is 9.05 Å². The molecule has 0 heterocycles. The van der Waals surface area contributed by atoms with Crippen LogP contribution in [-0.4, -0.2) is 68.5 Å². The Bertz CT molecular complexity index is 1720. The highest BCUT2D eigenvalue weighted by atomic mass is 31.2. The Morgan fingerprint density at radius 3 is 1.11 bits per heavy atom. The molecule has 80 heavy (non-hydrogen) atoms. The highest BCUT2D eigenvalue weighted by molar-refractivity contribution is 7.45. The Kier molecular flexibility index (Phi) is 58.1. The SMILES string of the molecule is CC/C=C\C/C=C\C/C=C\C/C=C\C/C=C\C/C=C\C/C=C\C/C=C\C/C=C\C/C=C\CCCCCCCCCCC(=O)NC(COP(=O)([O-])OCC[N+](C)(C)C)C(O)CCCCCCCCCCCCCCCCCCCCC. The molecular weight excluding hydrogens is 1010 g/mol. The van der Waals surface area contributed by atoms with E-state index in [1.807, 2.05) is 21.1 Å². The number of unbranched alkanes of at least 4 members (excludes halogenated alkanes) is 26. The zero-order chi connectivity index (χ0) is 58.4. The number of carbonyl (C=O) groups is 1. The van der Waals surface area contributed by atoms with Gasteiger partial charge in [-0.15, -0.1) is 0 Å². The fourth-order valence-corrected chi connectivity index (χ4v) is 9.85. The largest absolute Gasteiger partial charge is 0.756 e. The zero-order valence-electron chi connectivity index (χ0n) is 52.5. The molecular formula is C71H125N2O6P. The van der Waals surface area contributed by atoms with Gasteiger partial charge in [0.05, 0.1) is 39.9 Å². The first kappa shape index (κ1) is 76.9. The number of aliphatic hydroxyl groups is 1. The van der Waals surface area contributed by atoms with E-state index in [9.17, 15) is 19.4 Å². The molecule has 1 amide bonds. The predicted molar refractivity (Wildman–Crippen MR) is 348 cm³/mol. The average Bonchev–Trinajstić information content (AvgIpc) is 3.42. The number of hydrogen-bond donors (Lipinski definition) is 2. The summed E-state index contributed by atoms with van der Waals surface area (Å²) < 4.78 is 23.5. The van der Waals surface area contributed by atoms with E-state index >= 15 is 0 Å². The molecule has 0 saturated heterocycles. The number of carbonyl (C=O) groups excluding carboxylic acids is 1. The Morgan fingerprint density at radius 1 is 0.450 bits per heavy atom. The summed E-state index contributed by atoms with van der Waals surface area (Å²) in [7, 11) is 1.29. The van der Waals surface area contributed by atoms with Gasteiger partial charge in [0, 0.05) is 6.42 Å². The van der Waals surface area contributed by atoms with E-state index in [0.29, 0.717) is 23.9 Å². The summed E-state index contributed by atoms with van der Waals surface area (Å²) >= 11 is 0. The number of nitrogens with one attached hydrogen (secondary N) is 1. The van der Waals surface area contributed by atoms with E-state index in [1.165, 1.54) is 135 Å². The molecule has 0 spiro atoms. The molecule has 3 unspecified atom stereocenters. The molecule has 0 bridgehead atoms. The number of nitrogens with zero attached hydrogens (tertiary/aromatic N) is 1. The number of quaternary nitrogens is 1. The van der Waals surface area contributed by atoms with Crippen molar-refractivity contribution in [3.8, 4) is 0 Å². The minimum Gasteiger partial charge on any atom is -0.756 e. The summed E-state index contributed by atoms with van der Waals surface area (Å²) in [6.45, 7) is 4.61. The minimum absolute atomic E-state index is 0.00532. The van der Waals surface area contributed by atoms with Crippen molar-refractivity contribution in [2.45, 2.75) is 283 Å². The summed E-state index contributed by atoms with van der Waals surface area (Å²) in [6, 6.07) is -0.814. The van der Waals surface area contributed by atoms with Crippen molar-refractivity contribution in [2.24, 2.45) is 0 Å². The van der Waals surface area contributed by atoms with E-state index in [0.717, 1.165) is 109 Å². The molecule has 8 nitrogen and oxygen atoms in total. The Balaban J connectivity index is 4.12. The van der Waals surface area contributed by atoms with Crippen molar-refractivity contribution < 1.29 is 32.9 Å². The number of aliphatic hydroxyl groups excluding tert-OH is 1. The van der Waals surface area contributed by atoms with Gasteiger partial charge in [-0.2, -0.15) is 0 Å². The first-order valence-electron chi connectivity index (χ1n) is 32.9. The topological polar surface area (TPSA) is 108 Å². The summed E-state index contributed by atoms with van der Waals surface area (Å²) in [5.74, 6) is -0.176. The van der Waals surface area contributed by atoms with Gasteiger partial charge in [-0.05, 0) is 89.9 Å². The second-order valence-electron chi connectivity index (χ2n) is 23.1. The summed E-state index contributed by atoms with van der Waals surface area (Å²) in [5, 5.41) is 14.1. The van der Waals surface area contributed by atoms with Gasteiger partial charge < -0.3 is 28.8 Å². The van der Waals surface area contributed by atoms with Crippen molar-refractivity contribution in [3.63, 3.8) is 0 Å². The molecule has 460 valence electrons. The molecule has 0 aliphatic heterocycles. The molecule has 0 fully saturated rings. The molecule has 9 heteroatoms. The molecule has 0 aliphatic rings.